The summed E-state index contributed by atoms with van der Waals surface area (Å²) in [4.78, 5) is 12.9. The minimum atomic E-state index is -0.746. The van der Waals surface area contributed by atoms with Crippen molar-refractivity contribution in [1.29, 1.82) is 5.26 Å². The highest BCUT2D eigenvalue weighted by atomic mass is 19.1. The molecule has 0 bridgehead atoms. The first-order valence-corrected chi connectivity index (χ1v) is 11.8. The number of fused-ring (bicyclic) bond motifs is 2. The lowest BCUT2D eigenvalue weighted by molar-refractivity contribution is 0.0702. The lowest BCUT2D eigenvalue weighted by Crippen LogP contribution is -2.21. The van der Waals surface area contributed by atoms with Crippen LogP contribution in [-0.4, -0.2) is 19.7 Å². The number of allylic oxidation sites excluding steroid dienone is 1. The molecule has 2 heterocycles. The van der Waals surface area contributed by atoms with Crippen LogP contribution in [0.5, 0.6) is 23.0 Å². The number of furan rings is 1. The Balaban J connectivity index is 1.49. The number of aryl methyl sites for hydroxylation is 1. The van der Waals surface area contributed by atoms with Gasteiger partial charge in [-0.15, -0.1) is 0 Å². The van der Waals surface area contributed by atoms with Crippen LogP contribution in [0.3, 0.4) is 0 Å². The summed E-state index contributed by atoms with van der Waals surface area (Å²) in [6.07, 6.45) is 0. The van der Waals surface area contributed by atoms with Gasteiger partial charge in [-0.3, -0.25) is 0 Å². The maximum atomic E-state index is 13.7. The van der Waals surface area contributed by atoms with Crippen molar-refractivity contribution in [3.8, 4) is 29.1 Å². The number of carbonyl (C=O) groups excluding carboxylic acids is 1. The summed E-state index contributed by atoms with van der Waals surface area (Å²) >= 11 is 0. The summed E-state index contributed by atoms with van der Waals surface area (Å²) in [6, 6.07) is 16.4. The first kappa shape index (κ1) is 24.7. The van der Waals surface area contributed by atoms with Crippen LogP contribution in [0.15, 0.2) is 70.5 Å². The summed E-state index contributed by atoms with van der Waals surface area (Å²) in [5, 5.41) is 10.3. The Morgan fingerprint density at radius 3 is 2.68 bits per heavy atom. The number of halogens is 1. The lowest BCUT2D eigenvalue weighted by atomic mass is 9.83. The molecule has 4 aromatic rings. The molecule has 1 aliphatic heterocycles. The van der Waals surface area contributed by atoms with E-state index in [4.69, 9.17) is 29.1 Å². The van der Waals surface area contributed by atoms with Crippen LogP contribution < -0.4 is 24.7 Å². The van der Waals surface area contributed by atoms with Gasteiger partial charge in [0.2, 0.25) is 11.6 Å². The minimum absolute atomic E-state index is 0.0326. The van der Waals surface area contributed by atoms with E-state index in [1.165, 1.54) is 31.4 Å². The van der Waals surface area contributed by atoms with Gasteiger partial charge in [-0.2, -0.15) is 5.26 Å². The fraction of sp³-hybridized carbons (Fsp3) is 0.172. The number of carbonyl (C=O) groups is 1. The third kappa shape index (κ3) is 4.26. The fourth-order valence-electron chi connectivity index (χ4n) is 4.52. The monoisotopic (exact) mass is 514 g/mol. The topological polar surface area (TPSA) is 117 Å². The molecule has 0 saturated heterocycles. The normalized spacial score (nSPS) is 14.4. The van der Waals surface area contributed by atoms with E-state index in [-0.39, 0.29) is 23.0 Å². The van der Waals surface area contributed by atoms with Crippen LogP contribution in [-0.2, 0) is 0 Å². The molecule has 2 N–H and O–H groups in total. The van der Waals surface area contributed by atoms with Crippen LogP contribution in [0.1, 0.15) is 40.1 Å². The van der Waals surface area contributed by atoms with E-state index in [9.17, 15) is 14.4 Å². The average Bonchev–Trinajstić information content (AvgIpc) is 3.24. The smallest absolute Gasteiger partial charge is 0.379 e. The van der Waals surface area contributed by atoms with Crippen LogP contribution in [0.25, 0.3) is 11.0 Å². The molecule has 38 heavy (non-hydrogen) atoms. The van der Waals surface area contributed by atoms with Gasteiger partial charge in [-0.1, -0.05) is 12.1 Å². The second-order valence-electron chi connectivity index (χ2n) is 8.55. The molecule has 0 radical (unpaired) electrons. The lowest BCUT2D eigenvalue weighted by Gasteiger charge is -2.27. The van der Waals surface area contributed by atoms with E-state index in [0.717, 1.165) is 5.56 Å². The number of nitrogens with two attached hydrogens (primary N) is 1. The van der Waals surface area contributed by atoms with Gasteiger partial charge in [0.15, 0.2) is 11.5 Å². The van der Waals surface area contributed by atoms with Crippen LogP contribution in [0, 0.1) is 24.1 Å². The van der Waals surface area contributed by atoms with Gasteiger partial charge in [-0.05, 0) is 55.8 Å². The van der Waals surface area contributed by atoms with E-state index in [0.29, 0.717) is 46.0 Å². The Hall–Kier alpha value is -4.97. The zero-order chi connectivity index (χ0) is 27.0. The van der Waals surface area contributed by atoms with Crippen molar-refractivity contribution in [1.82, 2.24) is 0 Å². The number of esters is 1. The van der Waals surface area contributed by atoms with Crippen molar-refractivity contribution in [3.05, 3.63) is 94.3 Å². The molecule has 0 spiro atoms. The predicted molar refractivity (Wildman–Crippen MR) is 136 cm³/mol. The van der Waals surface area contributed by atoms with Gasteiger partial charge in [0.1, 0.15) is 34.5 Å². The van der Waals surface area contributed by atoms with Crippen LogP contribution >= 0.6 is 0 Å². The Kier molecular flexibility index (Phi) is 6.39. The first-order chi connectivity index (χ1) is 18.3. The fourth-order valence-corrected chi connectivity index (χ4v) is 4.52. The standard InChI is InChI=1S/C29H23FN2O6/c1-4-35-23-9-5-16(11-25(23)34-3)26-19-8-7-18(13-24(19)38-28(32)21(26)14-31)36-29(33)27-15(2)20-12-17(30)6-10-22(20)37-27/h5-13,26H,4,32H2,1-3H3. The molecule has 0 aliphatic carbocycles. The highest BCUT2D eigenvalue weighted by molar-refractivity contribution is 5.96. The second-order valence-corrected chi connectivity index (χ2v) is 8.55. The SMILES string of the molecule is CCOc1ccc(C2C(C#N)=C(N)Oc3cc(OC(=O)c4oc5ccc(F)cc5c4C)ccc32)cc1OC. The highest BCUT2D eigenvalue weighted by Crippen LogP contribution is 2.45. The van der Waals surface area contributed by atoms with E-state index in [2.05, 4.69) is 6.07 Å². The van der Waals surface area contributed by atoms with Crippen molar-refractivity contribution >= 4 is 16.9 Å². The Morgan fingerprint density at radius 2 is 1.95 bits per heavy atom. The number of nitrogens with zero attached hydrogens (tertiary/aromatic N) is 1. The zero-order valence-electron chi connectivity index (χ0n) is 20.8. The molecule has 1 aromatic heterocycles. The molecule has 8 nitrogen and oxygen atoms in total. The molecule has 0 fully saturated rings. The van der Waals surface area contributed by atoms with Gasteiger partial charge in [0, 0.05) is 22.6 Å². The molecule has 1 aliphatic rings. The molecule has 1 unspecified atom stereocenters. The average molecular weight is 515 g/mol. The molecule has 1 atom stereocenters. The zero-order valence-corrected chi connectivity index (χ0v) is 20.8. The molecular weight excluding hydrogens is 491 g/mol. The number of hydrogen-bond donors (Lipinski definition) is 1. The largest absolute Gasteiger partial charge is 0.493 e. The van der Waals surface area contributed by atoms with Gasteiger partial charge < -0.3 is 29.1 Å². The van der Waals surface area contributed by atoms with Crippen molar-refractivity contribution < 1.29 is 32.5 Å². The Labute approximate surface area is 217 Å². The second kappa shape index (κ2) is 9.82. The molecular formula is C29H23FN2O6. The van der Waals surface area contributed by atoms with Crippen LogP contribution in [0.2, 0.25) is 0 Å². The first-order valence-electron chi connectivity index (χ1n) is 11.8. The van der Waals surface area contributed by atoms with Crippen molar-refractivity contribution in [2.75, 3.05) is 13.7 Å². The van der Waals surface area contributed by atoms with E-state index in [1.807, 2.05) is 13.0 Å². The van der Waals surface area contributed by atoms with Gasteiger partial charge in [-0.25, -0.2) is 9.18 Å². The van der Waals surface area contributed by atoms with E-state index in [1.54, 1.807) is 31.2 Å². The van der Waals surface area contributed by atoms with E-state index < -0.39 is 17.7 Å². The third-order valence-electron chi connectivity index (χ3n) is 6.31. The minimum Gasteiger partial charge on any atom is -0.493 e. The van der Waals surface area contributed by atoms with Crippen molar-refractivity contribution in [2.45, 2.75) is 19.8 Å². The van der Waals surface area contributed by atoms with Gasteiger partial charge in [0.25, 0.3) is 0 Å². The molecule has 3 aromatic carbocycles. The number of rotatable bonds is 6. The summed E-state index contributed by atoms with van der Waals surface area (Å²) in [7, 11) is 1.54. The molecule has 192 valence electrons. The molecule has 0 saturated carbocycles. The van der Waals surface area contributed by atoms with Crippen molar-refractivity contribution in [2.24, 2.45) is 5.73 Å². The van der Waals surface area contributed by atoms with Gasteiger partial charge >= 0.3 is 5.97 Å². The number of nitriles is 1. The summed E-state index contributed by atoms with van der Waals surface area (Å²) in [5.41, 5.74) is 8.59. The predicted octanol–water partition coefficient (Wildman–Crippen LogP) is 5.73. The molecule has 9 heteroatoms. The number of ether oxygens (including phenoxy) is 4. The summed E-state index contributed by atoms with van der Waals surface area (Å²) < 4.78 is 41.6. The summed E-state index contributed by atoms with van der Waals surface area (Å²) in [5.74, 6) is -0.229. The van der Waals surface area contributed by atoms with Gasteiger partial charge in [0.05, 0.1) is 19.6 Å². The number of hydrogen-bond acceptors (Lipinski definition) is 8. The Bertz CT molecular complexity index is 1650. The summed E-state index contributed by atoms with van der Waals surface area (Å²) in [6.45, 7) is 4.00. The number of benzene rings is 3. The van der Waals surface area contributed by atoms with Crippen molar-refractivity contribution in [3.63, 3.8) is 0 Å². The maximum Gasteiger partial charge on any atom is 0.379 e. The molecule has 5 rings (SSSR count). The third-order valence-corrected chi connectivity index (χ3v) is 6.31. The highest BCUT2D eigenvalue weighted by Gasteiger charge is 2.32. The van der Waals surface area contributed by atoms with E-state index >= 15 is 0 Å². The quantitative estimate of drug-likeness (QED) is 0.256. The Morgan fingerprint density at radius 1 is 1.13 bits per heavy atom. The molecule has 0 amide bonds. The number of methoxy groups -OCH3 is 1. The maximum absolute atomic E-state index is 13.7. The van der Waals surface area contributed by atoms with Crippen LogP contribution in [0.4, 0.5) is 4.39 Å².